The second-order valence-corrected chi connectivity index (χ2v) is 9.30. The van der Waals surface area contributed by atoms with Crippen molar-refractivity contribution in [1.29, 1.82) is 0 Å². The number of anilines is 1. The van der Waals surface area contributed by atoms with E-state index < -0.39 is 22.6 Å². The Kier molecular flexibility index (Phi) is 5.85. The largest absolute Gasteiger partial charge is 0.546 e. The van der Waals surface area contributed by atoms with E-state index >= 15 is 0 Å². The van der Waals surface area contributed by atoms with Gasteiger partial charge in [0, 0.05) is 7.05 Å². The van der Waals surface area contributed by atoms with Crippen molar-refractivity contribution in [2.45, 2.75) is 38.0 Å². The Morgan fingerprint density at radius 2 is 1.70 bits per heavy atom. The second-order valence-electron chi connectivity index (χ2n) is 7.36. The van der Waals surface area contributed by atoms with Crippen LogP contribution in [0.3, 0.4) is 0 Å². The van der Waals surface area contributed by atoms with Gasteiger partial charge >= 0.3 is 0 Å². The first-order valence-electron chi connectivity index (χ1n) is 8.45. The molecule has 7 heteroatoms. The van der Waals surface area contributed by atoms with Gasteiger partial charge in [0.05, 0.1) is 16.6 Å². The summed E-state index contributed by atoms with van der Waals surface area (Å²) in [4.78, 5) is 10.7. The molecule has 0 heterocycles. The average molecular weight is 390 g/mol. The van der Waals surface area contributed by atoms with Crippen molar-refractivity contribution in [2.75, 3.05) is 18.0 Å². The summed E-state index contributed by atoms with van der Waals surface area (Å²) < 4.78 is 32.5. The van der Waals surface area contributed by atoms with Crippen LogP contribution < -0.4 is 14.1 Å². The molecular formula is C20H24NO5S-. The summed E-state index contributed by atoms with van der Waals surface area (Å²) in [6, 6.07) is 11.6. The standard InChI is InChI=1S/C20H25NO5S/c1-14-6-7-15(20(2,3)4)12-18(14)27(24,25)21(5)16-8-10-17(11-9-16)26-13-19(22)23/h6-12H,13H2,1-5H3,(H,22,23)/p-1. The van der Waals surface area contributed by atoms with Gasteiger partial charge in [-0.25, -0.2) is 8.42 Å². The van der Waals surface area contributed by atoms with Gasteiger partial charge < -0.3 is 14.6 Å². The van der Waals surface area contributed by atoms with Crippen molar-refractivity contribution in [3.8, 4) is 5.75 Å². The Morgan fingerprint density at radius 1 is 1.11 bits per heavy atom. The summed E-state index contributed by atoms with van der Waals surface area (Å²) in [6.45, 7) is 7.30. The number of rotatable bonds is 6. The maximum atomic E-state index is 13.1. The zero-order chi connectivity index (χ0) is 20.4. The minimum absolute atomic E-state index is 0.172. The number of nitrogens with zero attached hydrogens (tertiary/aromatic N) is 1. The number of carbonyl (C=O) groups is 1. The molecule has 0 radical (unpaired) electrons. The third kappa shape index (κ3) is 4.80. The number of carboxylic acids is 1. The zero-order valence-electron chi connectivity index (χ0n) is 16.1. The molecule has 0 aromatic heterocycles. The van der Waals surface area contributed by atoms with Crippen molar-refractivity contribution in [3.05, 3.63) is 53.6 Å². The Balaban J connectivity index is 2.35. The normalized spacial score (nSPS) is 11.9. The van der Waals surface area contributed by atoms with Crippen LogP contribution >= 0.6 is 0 Å². The van der Waals surface area contributed by atoms with Crippen LogP contribution in [0.5, 0.6) is 5.75 Å². The molecule has 2 rings (SSSR count). The summed E-state index contributed by atoms with van der Waals surface area (Å²) in [6.07, 6.45) is 0. The van der Waals surface area contributed by atoms with Gasteiger partial charge in [-0.2, -0.15) is 0 Å². The van der Waals surface area contributed by atoms with Gasteiger partial charge in [0.2, 0.25) is 0 Å². The number of carboxylic acid groups (broad SMARTS) is 1. The molecule has 0 aliphatic heterocycles. The van der Waals surface area contributed by atoms with E-state index in [1.54, 1.807) is 25.1 Å². The molecule has 27 heavy (non-hydrogen) atoms. The van der Waals surface area contributed by atoms with Gasteiger partial charge in [-0.05, 0) is 53.8 Å². The van der Waals surface area contributed by atoms with E-state index in [0.29, 0.717) is 17.0 Å². The topological polar surface area (TPSA) is 86.7 Å². The maximum absolute atomic E-state index is 13.1. The van der Waals surface area contributed by atoms with E-state index in [9.17, 15) is 18.3 Å². The van der Waals surface area contributed by atoms with E-state index in [-0.39, 0.29) is 10.3 Å². The number of ether oxygens (including phenoxy) is 1. The molecule has 0 N–H and O–H groups in total. The average Bonchev–Trinajstić information content (AvgIpc) is 2.59. The van der Waals surface area contributed by atoms with E-state index in [2.05, 4.69) is 0 Å². The number of sulfonamides is 1. The highest BCUT2D eigenvalue weighted by Gasteiger charge is 2.25. The van der Waals surface area contributed by atoms with Crippen LogP contribution in [0.25, 0.3) is 0 Å². The molecule has 0 fully saturated rings. The van der Waals surface area contributed by atoms with Crippen molar-refractivity contribution in [3.63, 3.8) is 0 Å². The minimum atomic E-state index is -3.76. The van der Waals surface area contributed by atoms with Crippen molar-refractivity contribution in [1.82, 2.24) is 0 Å². The molecule has 2 aromatic rings. The van der Waals surface area contributed by atoms with E-state index in [1.807, 2.05) is 32.9 Å². The summed E-state index contributed by atoms with van der Waals surface area (Å²) in [5.74, 6) is -1.01. The first-order chi connectivity index (χ1) is 12.4. The molecule has 146 valence electrons. The number of hydrogen-bond acceptors (Lipinski definition) is 5. The molecule has 0 saturated carbocycles. The SMILES string of the molecule is Cc1ccc(C(C)(C)C)cc1S(=O)(=O)N(C)c1ccc(OCC(=O)[O-])cc1. The van der Waals surface area contributed by atoms with Crippen molar-refractivity contribution >= 4 is 21.7 Å². The van der Waals surface area contributed by atoms with Gasteiger partial charge in [-0.1, -0.05) is 32.9 Å². The number of benzene rings is 2. The lowest BCUT2D eigenvalue weighted by Gasteiger charge is -2.24. The Morgan fingerprint density at radius 3 is 2.22 bits per heavy atom. The molecule has 0 bridgehead atoms. The predicted octanol–water partition coefficient (Wildman–Crippen LogP) is 2.25. The number of hydrogen-bond donors (Lipinski definition) is 0. The molecule has 2 aromatic carbocycles. The predicted molar refractivity (Wildman–Crippen MR) is 102 cm³/mol. The Labute approximate surface area is 160 Å². The summed E-state index contributed by atoms with van der Waals surface area (Å²) in [5.41, 5.74) is 1.88. The maximum Gasteiger partial charge on any atom is 0.264 e. The van der Waals surface area contributed by atoms with Gasteiger partial charge in [-0.15, -0.1) is 0 Å². The molecule has 0 spiro atoms. The van der Waals surface area contributed by atoms with Gasteiger partial charge in [0.15, 0.2) is 0 Å². The number of carbonyl (C=O) groups excluding carboxylic acids is 1. The van der Waals surface area contributed by atoms with Crippen molar-refractivity contribution < 1.29 is 23.1 Å². The molecule has 0 unspecified atom stereocenters. The van der Waals surface area contributed by atoms with Gasteiger partial charge in [-0.3, -0.25) is 4.31 Å². The fourth-order valence-corrected chi connectivity index (χ4v) is 3.97. The lowest BCUT2D eigenvalue weighted by Crippen LogP contribution is -2.29. The fourth-order valence-electron chi connectivity index (χ4n) is 2.53. The quantitative estimate of drug-likeness (QED) is 0.755. The summed E-state index contributed by atoms with van der Waals surface area (Å²) in [5, 5.41) is 10.4. The van der Waals surface area contributed by atoms with Crippen LogP contribution in [0.2, 0.25) is 0 Å². The summed E-state index contributed by atoms with van der Waals surface area (Å²) in [7, 11) is -2.27. The van der Waals surface area contributed by atoms with Crippen LogP contribution in [-0.4, -0.2) is 28.0 Å². The van der Waals surface area contributed by atoms with Crippen LogP contribution in [-0.2, 0) is 20.2 Å². The van der Waals surface area contributed by atoms with Crippen LogP contribution in [0, 0.1) is 6.92 Å². The fraction of sp³-hybridized carbons (Fsp3) is 0.350. The molecule has 0 atom stereocenters. The lowest BCUT2D eigenvalue weighted by molar-refractivity contribution is -0.307. The smallest absolute Gasteiger partial charge is 0.264 e. The highest BCUT2D eigenvalue weighted by atomic mass is 32.2. The van der Waals surface area contributed by atoms with Gasteiger partial charge in [0.1, 0.15) is 12.4 Å². The molecule has 0 aliphatic carbocycles. The van der Waals surface area contributed by atoms with E-state index in [1.165, 1.54) is 23.5 Å². The Hall–Kier alpha value is -2.54. The molecular weight excluding hydrogens is 366 g/mol. The third-order valence-electron chi connectivity index (χ3n) is 4.25. The van der Waals surface area contributed by atoms with Crippen LogP contribution in [0.4, 0.5) is 5.69 Å². The number of aryl methyl sites for hydroxylation is 1. The monoisotopic (exact) mass is 390 g/mol. The minimum Gasteiger partial charge on any atom is -0.546 e. The first kappa shape index (κ1) is 20.8. The molecule has 0 saturated heterocycles. The lowest BCUT2D eigenvalue weighted by atomic mass is 9.87. The molecule has 0 aliphatic rings. The van der Waals surface area contributed by atoms with E-state index in [0.717, 1.165) is 5.56 Å². The van der Waals surface area contributed by atoms with Gasteiger partial charge in [0.25, 0.3) is 10.0 Å². The first-order valence-corrected chi connectivity index (χ1v) is 9.89. The zero-order valence-corrected chi connectivity index (χ0v) is 17.0. The number of aliphatic carboxylic acids is 1. The highest BCUT2D eigenvalue weighted by Crippen LogP contribution is 2.30. The second kappa shape index (κ2) is 7.60. The third-order valence-corrected chi connectivity index (χ3v) is 6.18. The highest BCUT2D eigenvalue weighted by molar-refractivity contribution is 7.92. The van der Waals surface area contributed by atoms with Crippen LogP contribution in [0.1, 0.15) is 31.9 Å². The Bertz CT molecular complexity index is 928. The molecule has 6 nitrogen and oxygen atoms in total. The van der Waals surface area contributed by atoms with Crippen molar-refractivity contribution in [2.24, 2.45) is 0 Å². The molecule has 0 amide bonds. The van der Waals surface area contributed by atoms with Crippen LogP contribution in [0.15, 0.2) is 47.4 Å². The summed E-state index contributed by atoms with van der Waals surface area (Å²) >= 11 is 0. The van der Waals surface area contributed by atoms with E-state index in [4.69, 9.17) is 4.74 Å².